The van der Waals surface area contributed by atoms with Gasteiger partial charge in [0.05, 0.1) is 31.0 Å². The van der Waals surface area contributed by atoms with Crippen LogP contribution in [0, 0.1) is 0 Å². The van der Waals surface area contributed by atoms with Crippen LogP contribution in [0.2, 0.25) is 0 Å². The van der Waals surface area contributed by atoms with E-state index in [0.29, 0.717) is 11.3 Å². The summed E-state index contributed by atoms with van der Waals surface area (Å²) in [6.07, 6.45) is 1.73. The first-order valence-corrected chi connectivity index (χ1v) is 9.96. The maximum atomic E-state index is 12.5. The molecule has 0 atom stereocenters. The second-order valence-electron chi connectivity index (χ2n) is 6.34. The molecule has 3 rings (SSSR count). The number of carbonyl (C=O) groups is 2. The molecular formula is C23H20BrN3O3. The average Bonchev–Trinajstić information content (AvgIpc) is 2.76. The number of anilines is 1. The number of hydrogen-bond donors (Lipinski definition) is 2. The zero-order valence-corrected chi connectivity index (χ0v) is 17.8. The normalized spacial score (nSPS) is 10.6. The van der Waals surface area contributed by atoms with Gasteiger partial charge in [0, 0.05) is 10.0 Å². The number of rotatable bonds is 7. The first-order chi connectivity index (χ1) is 14.6. The molecule has 0 saturated carbocycles. The topological polar surface area (TPSA) is 79.8 Å². The second kappa shape index (κ2) is 10.4. The quantitative estimate of drug-likeness (QED) is 0.400. The van der Waals surface area contributed by atoms with E-state index in [1.54, 1.807) is 49.7 Å². The Balaban J connectivity index is 1.65. The van der Waals surface area contributed by atoms with Gasteiger partial charge in [0.1, 0.15) is 5.75 Å². The van der Waals surface area contributed by atoms with Crippen LogP contribution in [-0.2, 0) is 11.2 Å². The molecule has 2 amide bonds. The van der Waals surface area contributed by atoms with Crippen molar-refractivity contribution in [2.24, 2.45) is 5.10 Å². The number of nitrogens with zero attached hydrogens (tertiary/aromatic N) is 1. The smallest absolute Gasteiger partial charge is 0.273 e. The van der Waals surface area contributed by atoms with Crippen LogP contribution in [0.25, 0.3) is 0 Å². The summed E-state index contributed by atoms with van der Waals surface area (Å²) >= 11 is 3.42. The SMILES string of the molecule is COc1ccc(CC(=O)Nc2ccccc2C(=O)N/N=C/c2ccccc2Br)cc1. The number of benzene rings is 3. The molecule has 3 aromatic rings. The van der Waals surface area contributed by atoms with E-state index >= 15 is 0 Å². The molecule has 6 nitrogen and oxygen atoms in total. The minimum Gasteiger partial charge on any atom is -0.497 e. The van der Waals surface area contributed by atoms with Crippen LogP contribution in [0.4, 0.5) is 5.69 Å². The van der Waals surface area contributed by atoms with Crippen LogP contribution in [0.5, 0.6) is 5.75 Å². The highest BCUT2D eigenvalue weighted by molar-refractivity contribution is 9.10. The van der Waals surface area contributed by atoms with Crippen molar-refractivity contribution in [1.29, 1.82) is 0 Å². The van der Waals surface area contributed by atoms with Gasteiger partial charge in [-0.1, -0.05) is 58.4 Å². The molecule has 30 heavy (non-hydrogen) atoms. The Labute approximate surface area is 183 Å². The molecule has 7 heteroatoms. The van der Waals surface area contributed by atoms with Crippen molar-refractivity contribution >= 4 is 39.6 Å². The van der Waals surface area contributed by atoms with E-state index in [4.69, 9.17) is 4.74 Å². The molecule has 0 aromatic heterocycles. The molecule has 3 aromatic carbocycles. The van der Waals surface area contributed by atoms with Crippen molar-refractivity contribution in [2.45, 2.75) is 6.42 Å². The molecule has 0 bridgehead atoms. The highest BCUT2D eigenvalue weighted by Crippen LogP contribution is 2.17. The molecule has 0 heterocycles. The van der Waals surface area contributed by atoms with E-state index in [2.05, 4.69) is 31.8 Å². The van der Waals surface area contributed by atoms with Crippen molar-refractivity contribution < 1.29 is 14.3 Å². The Hall–Kier alpha value is -3.45. The number of methoxy groups -OCH3 is 1. The highest BCUT2D eigenvalue weighted by atomic mass is 79.9. The monoisotopic (exact) mass is 465 g/mol. The predicted octanol–water partition coefficient (Wildman–Crippen LogP) is 4.40. The minimum atomic E-state index is -0.418. The predicted molar refractivity (Wildman–Crippen MR) is 121 cm³/mol. The van der Waals surface area contributed by atoms with Crippen molar-refractivity contribution in [2.75, 3.05) is 12.4 Å². The summed E-state index contributed by atoms with van der Waals surface area (Å²) in [6, 6.07) is 21.6. The first kappa shape index (κ1) is 21.3. The molecule has 0 fully saturated rings. The summed E-state index contributed by atoms with van der Waals surface area (Å²) in [5.74, 6) is 0.0834. The average molecular weight is 466 g/mol. The minimum absolute atomic E-state index is 0.181. The molecule has 0 aliphatic heterocycles. The van der Waals surface area contributed by atoms with Crippen LogP contribution in [0.1, 0.15) is 21.5 Å². The first-order valence-electron chi connectivity index (χ1n) is 9.16. The third-order valence-corrected chi connectivity index (χ3v) is 4.97. The Morgan fingerprint density at radius 2 is 1.70 bits per heavy atom. The van der Waals surface area contributed by atoms with Gasteiger partial charge in [0.15, 0.2) is 0 Å². The fraction of sp³-hybridized carbons (Fsp3) is 0.0870. The van der Waals surface area contributed by atoms with Crippen LogP contribution in [-0.4, -0.2) is 25.1 Å². The summed E-state index contributed by atoms with van der Waals surface area (Å²) in [5, 5.41) is 6.80. The Morgan fingerprint density at radius 3 is 2.43 bits per heavy atom. The number of nitrogens with one attached hydrogen (secondary N) is 2. The lowest BCUT2D eigenvalue weighted by atomic mass is 10.1. The molecule has 0 aliphatic carbocycles. The summed E-state index contributed by atoms with van der Waals surface area (Å²) in [6.45, 7) is 0. The fourth-order valence-corrected chi connectivity index (χ4v) is 3.10. The zero-order valence-electron chi connectivity index (χ0n) is 16.3. The highest BCUT2D eigenvalue weighted by Gasteiger charge is 2.13. The van der Waals surface area contributed by atoms with Gasteiger partial charge in [-0.25, -0.2) is 5.43 Å². The standard InChI is InChI=1S/C23H20BrN3O3/c1-30-18-12-10-16(11-13-18)14-22(28)26-21-9-5-3-7-19(21)23(29)27-25-15-17-6-2-4-8-20(17)24/h2-13,15H,14H2,1H3,(H,26,28)(H,27,29)/b25-15+. The number of hydrazone groups is 1. The Bertz CT molecular complexity index is 1070. The zero-order chi connectivity index (χ0) is 21.3. The van der Waals surface area contributed by atoms with Crippen molar-refractivity contribution in [3.05, 3.63) is 94.0 Å². The molecule has 0 spiro atoms. The van der Waals surface area contributed by atoms with E-state index < -0.39 is 5.91 Å². The fourth-order valence-electron chi connectivity index (χ4n) is 2.71. The second-order valence-corrected chi connectivity index (χ2v) is 7.19. The molecule has 0 aliphatic rings. The molecule has 2 N–H and O–H groups in total. The van der Waals surface area contributed by atoms with Gasteiger partial charge >= 0.3 is 0 Å². The van der Waals surface area contributed by atoms with Gasteiger partial charge in [-0.15, -0.1) is 0 Å². The van der Waals surface area contributed by atoms with Crippen molar-refractivity contribution in [3.63, 3.8) is 0 Å². The summed E-state index contributed by atoms with van der Waals surface area (Å²) in [5.41, 5.74) is 4.91. The van der Waals surface area contributed by atoms with E-state index in [0.717, 1.165) is 21.3 Å². The van der Waals surface area contributed by atoms with Gasteiger partial charge in [-0.2, -0.15) is 5.10 Å². The Kier molecular flexibility index (Phi) is 7.34. The largest absolute Gasteiger partial charge is 0.497 e. The maximum absolute atomic E-state index is 12.5. The number of halogens is 1. The molecule has 0 unspecified atom stereocenters. The summed E-state index contributed by atoms with van der Waals surface area (Å²) in [7, 11) is 1.59. The number of carbonyl (C=O) groups excluding carboxylic acids is 2. The van der Waals surface area contributed by atoms with Gasteiger partial charge < -0.3 is 10.1 Å². The summed E-state index contributed by atoms with van der Waals surface area (Å²) < 4.78 is 5.99. The van der Waals surface area contributed by atoms with E-state index in [9.17, 15) is 9.59 Å². The number of amides is 2. The third-order valence-electron chi connectivity index (χ3n) is 4.24. The van der Waals surface area contributed by atoms with Crippen LogP contribution < -0.4 is 15.5 Å². The van der Waals surface area contributed by atoms with Gasteiger partial charge in [-0.3, -0.25) is 9.59 Å². The lowest BCUT2D eigenvalue weighted by Gasteiger charge is -2.10. The van der Waals surface area contributed by atoms with Gasteiger partial charge in [0.2, 0.25) is 5.91 Å². The van der Waals surface area contributed by atoms with E-state index in [-0.39, 0.29) is 12.3 Å². The van der Waals surface area contributed by atoms with Gasteiger partial charge in [-0.05, 0) is 35.9 Å². The summed E-state index contributed by atoms with van der Waals surface area (Å²) in [4.78, 5) is 25.0. The van der Waals surface area contributed by atoms with Gasteiger partial charge in [0.25, 0.3) is 5.91 Å². The van der Waals surface area contributed by atoms with E-state index in [1.165, 1.54) is 0 Å². The Morgan fingerprint density at radius 1 is 1.00 bits per heavy atom. The lowest BCUT2D eigenvalue weighted by molar-refractivity contribution is -0.115. The van der Waals surface area contributed by atoms with Crippen molar-refractivity contribution in [1.82, 2.24) is 5.43 Å². The van der Waals surface area contributed by atoms with Crippen molar-refractivity contribution in [3.8, 4) is 5.75 Å². The molecular weight excluding hydrogens is 446 g/mol. The molecule has 152 valence electrons. The number of hydrogen-bond acceptors (Lipinski definition) is 4. The van der Waals surface area contributed by atoms with E-state index in [1.807, 2.05) is 36.4 Å². The van der Waals surface area contributed by atoms with Crippen LogP contribution >= 0.6 is 15.9 Å². The lowest BCUT2D eigenvalue weighted by Crippen LogP contribution is -2.22. The van der Waals surface area contributed by atoms with Crippen LogP contribution in [0.15, 0.2) is 82.4 Å². The van der Waals surface area contributed by atoms with Crippen LogP contribution in [0.3, 0.4) is 0 Å². The molecule has 0 radical (unpaired) electrons. The molecule has 0 saturated heterocycles. The number of ether oxygens (including phenoxy) is 1. The maximum Gasteiger partial charge on any atom is 0.273 e. The number of para-hydroxylation sites is 1. The third kappa shape index (κ3) is 5.78.